The summed E-state index contributed by atoms with van der Waals surface area (Å²) >= 11 is 1.90. The summed E-state index contributed by atoms with van der Waals surface area (Å²) in [4.78, 5) is 2.66. The zero-order valence-electron chi connectivity index (χ0n) is 34.9. The van der Waals surface area contributed by atoms with Crippen molar-refractivity contribution in [3.8, 4) is 33.4 Å². The molecular formula is C62H39NS. The number of rotatable bonds is 5. The van der Waals surface area contributed by atoms with Crippen LogP contribution in [0, 0.1) is 0 Å². The molecule has 3 aliphatic carbocycles. The van der Waals surface area contributed by atoms with Crippen LogP contribution >= 0.6 is 11.3 Å². The summed E-state index contributed by atoms with van der Waals surface area (Å²) in [7, 11) is 0. The van der Waals surface area contributed by atoms with Gasteiger partial charge >= 0.3 is 0 Å². The van der Waals surface area contributed by atoms with E-state index in [0.29, 0.717) is 0 Å². The number of fused-ring (bicyclic) bond motifs is 16. The van der Waals surface area contributed by atoms with Crippen molar-refractivity contribution < 1.29 is 0 Å². The van der Waals surface area contributed by atoms with Crippen molar-refractivity contribution in [1.82, 2.24) is 0 Å². The molecule has 0 saturated heterocycles. The first-order chi connectivity index (χ1) is 31.8. The van der Waals surface area contributed by atoms with Crippen molar-refractivity contribution in [3.63, 3.8) is 0 Å². The Balaban J connectivity index is 1.16. The van der Waals surface area contributed by atoms with E-state index in [1.54, 1.807) is 0 Å². The van der Waals surface area contributed by atoms with Crippen LogP contribution in [-0.4, -0.2) is 0 Å². The van der Waals surface area contributed by atoms with Crippen LogP contribution in [0.5, 0.6) is 0 Å². The van der Waals surface area contributed by atoms with Crippen molar-refractivity contribution in [1.29, 1.82) is 0 Å². The van der Waals surface area contributed by atoms with E-state index in [1.165, 1.54) is 115 Å². The van der Waals surface area contributed by atoms with Crippen molar-refractivity contribution in [3.05, 3.63) is 281 Å². The Labute approximate surface area is 376 Å². The molecule has 298 valence electrons. The van der Waals surface area contributed by atoms with Crippen LogP contribution in [0.25, 0.3) is 53.6 Å². The molecule has 1 heterocycles. The lowest BCUT2D eigenvalue weighted by Crippen LogP contribution is -2.30. The minimum absolute atomic E-state index is 0.475. The predicted octanol–water partition coefficient (Wildman–Crippen LogP) is 16.2. The standard InChI is InChI=1S/C62H39NS/c1-3-20-40(21-4-1)61(41-22-5-2-6-23-41)49-31-12-9-26-44(49)46-29-17-37-55(59(46)61)63(56-38-18-30-47-45-27-11-16-39-57(45)64-60(47)56)54-36-19-35-53-58(54)48-28-10-15-34-52(48)62(53)50-32-13-7-24-42(50)43-25-8-14-33-51(43)62/h1-39H. The SMILES string of the molecule is c1ccc(C2(c3ccccc3)c3ccccc3-c3cccc(N(c4cccc5c4-c4ccccc4C54c5ccccc5-c5ccccc54)c4cccc5c4sc4ccccc45)c32)cc1. The lowest BCUT2D eigenvalue weighted by molar-refractivity contribution is 0.768. The quantitative estimate of drug-likeness (QED) is 0.167. The van der Waals surface area contributed by atoms with Gasteiger partial charge in [-0.2, -0.15) is 0 Å². The van der Waals surface area contributed by atoms with Gasteiger partial charge < -0.3 is 4.90 Å². The van der Waals surface area contributed by atoms with Crippen LogP contribution in [0.4, 0.5) is 17.1 Å². The van der Waals surface area contributed by atoms with Gasteiger partial charge in [0.25, 0.3) is 0 Å². The third-order valence-corrected chi connectivity index (χ3v) is 15.8. The fourth-order valence-electron chi connectivity index (χ4n) is 12.3. The van der Waals surface area contributed by atoms with Crippen LogP contribution in [0.3, 0.4) is 0 Å². The molecule has 0 radical (unpaired) electrons. The van der Waals surface area contributed by atoms with Gasteiger partial charge in [-0.1, -0.05) is 212 Å². The van der Waals surface area contributed by atoms with E-state index in [0.717, 1.165) is 0 Å². The lowest BCUT2D eigenvalue weighted by atomic mass is 9.67. The van der Waals surface area contributed by atoms with Gasteiger partial charge in [0.15, 0.2) is 0 Å². The number of anilines is 3. The second kappa shape index (κ2) is 13.4. The molecule has 1 nitrogen and oxygen atoms in total. The summed E-state index contributed by atoms with van der Waals surface area (Å²) in [5.74, 6) is 0. The lowest BCUT2D eigenvalue weighted by Gasteiger charge is -2.38. The smallest absolute Gasteiger partial charge is 0.0734 e. The normalized spacial score (nSPS) is 14.2. The third kappa shape index (κ3) is 4.48. The summed E-state index contributed by atoms with van der Waals surface area (Å²) in [5.41, 5.74) is 20.6. The number of hydrogen-bond acceptors (Lipinski definition) is 2. The molecule has 1 aromatic heterocycles. The van der Waals surface area contributed by atoms with E-state index in [9.17, 15) is 0 Å². The van der Waals surface area contributed by atoms with Gasteiger partial charge in [0.2, 0.25) is 0 Å². The Morgan fingerprint density at radius 3 is 1.41 bits per heavy atom. The number of thiophene rings is 1. The minimum Gasteiger partial charge on any atom is -0.308 e. The maximum absolute atomic E-state index is 2.66. The molecule has 0 bridgehead atoms. The number of benzene rings is 10. The van der Waals surface area contributed by atoms with E-state index < -0.39 is 10.8 Å². The molecule has 0 aliphatic heterocycles. The Hall–Kier alpha value is -7.78. The zero-order chi connectivity index (χ0) is 42.0. The van der Waals surface area contributed by atoms with Crippen LogP contribution in [0.2, 0.25) is 0 Å². The first-order valence-electron chi connectivity index (χ1n) is 22.3. The maximum atomic E-state index is 2.66. The fourth-order valence-corrected chi connectivity index (χ4v) is 13.5. The zero-order valence-corrected chi connectivity index (χ0v) is 35.7. The Morgan fingerprint density at radius 1 is 0.297 bits per heavy atom. The van der Waals surface area contributed by atoms with Crippen LogP contribution in [0.15, 0.2) is 237 Å². The van der Waals surface area contributed by atoms with Gasteiger partial charge in [-0.25, -0.2) is 0 Å². The first-order valence-corrected chi connectivity index (χ1v) is 23.1. The molecule has 0 N–H and O–H groups in total. The highest BCUT2D eigenvalue weighted by Gasteiger charge is 2.53. The van der Waals surface area contributed by atoms with E-state index in [2.05, 4.69) is 241 Å². The van der Waals surface area contributed by atoms with Crippen LogP contribution < -0.4 is 4.90 Å². The highest BCUT2D eigenvalue weighted by atomic mass is 32.1. The molecule has 1 spiro atoms. The summed E-state index contributed by atoms with van der Waals surface area (Å²) in [6.45, 7) is 0. The van der Waals surface area contributed by atoms with Gasteiger partial charge in [-0.3, -0.25) is 0 Å². The average molecular weight is 830 g/mol. The van der Waals surface area contributed by atoms with E-state index >= 15 is 0 Å². The predicted molar refractivity (Wildman–Crippen MR) is 268 cm³/mol. The van der Waals surface area contributed by atoms with Gasteiger partial charge in [0.05, 0.1) is 32.6 Å². The summed E-state index contributed by atoms with van der Waals surface area (Å²) in [5, 5.41) is 2.57. The molecule has 10 aromatic carbocycles. The molecule has 14 rings (SSSR count). The van der Waals surface area contributed by atoms with Crippen LogP contribution in [0.1, 0.15) is 44.5 Å². The van der Waals surface area contributed by atoms with E-state index in [-0.39, 0.29) is 0 Å². The minimum atomic E-state index is -0.613. The summed E-state index contributed by atoms with van der Waals surface area (Å²) in [6.07, 6.45) is 0. The number of nitrogens with zero attached hydrogens (tertiary/aromatic N) is 1. The van der Waals surface area contributed by atoms with Gasteiger partial charge in [0.1, 0.15) is 0 Å². The van der Waals surface area contributed by atoms with Gasteiger partial charge in [0, 0.05) is 26.6 Å². The molecule has 2 heteroatoms. The molecule has 0 fully saturated rings. The monoisotopic (exact) mass is 829 g/mol. The largest absolute Gasteiger partial charge is 0.308 e. The first kappa shape index (κ1) is 35.8. The summed E-state index contributed by atoms with van der Waals surface area (Å²) < 4.78 is 2.57. The molecule has 3 aliphatic rings. The molecule has 0 saturated carbocycles. The van der Waals surface area contributed by atoms with E-state index in [1.807, 2.05) is 11.3 Å². The Bertz CT molecular complexity index is 3610. The molecule has 64 heavy (non-hydrogen) atoms. The van der Waals surface area contributed by atoms with Gasteiger partial charge in [-0.05, 0) is 91.0 Å². The third-order valence-electron chi connectivity index (χ3n) is 14.6. The van der Waals surface area contributed by atoms with Crippen LogP contribution in [-0.2, 0) is 10.8 Å². The summed E-state index contributed by atoms with van der Waals surface area (Å²) in [6, 6.07) is 89.0. The molecular weight excluding hydrogens is 791 g/mol. The fraction of sp³-hybridized carbons (Fsp3) is 0.0323. The van der Waals surface area contributed by atoms with Gasteiger partial charge in [-0.15, -0.1) is 11.3 Å². The van der Waals surface area contributed by atoms with E-state index in [4.69, 9.17) is 0 Å². The molecule has 0 unspecified atom stereocenters. The highest BCUT2D eigenvalue weighted by Crippen LogP contribution is 2.66. The van der Waals surface area contributed by atoms with Crippen molar-refractivity contribution in [2.24, 2.45) is 0 Å². The second-order valence-electron chi connectivity index (χ2n) is 17.4. The topological polar surface area (TPSA) is 3.24 Å². The Morgan fingerprint density at radius 2 is 0.734 bits per heavy atom. The van der Waals surface area contributed by atoms with Crippen molar-refractivity contribution in [2.45, 2.75) is 10.8 Å². The number of hydrogen-bond donors (Lipinski definition) is 0. The maximum Gasteiger partial charge on any atom is 0.0734 e. The second-order valence-corrected chi connectivity index (χ2v) is 18.5. The van der Waals surface area contributed by atoms with Crippen molar-refractivity contribution in [2.75, 3.05) is 4.90 Å². The Kier molecular flexibility index (Phi) is 7.47. The highest BCUT2D eigenvalue weighted by molar-refractivity contribution is 7.26. The van der Waals surface area contributed by atoms with Crippen molar-refractivity contribution >= 4 is 48.6 Å². The molecule has 11 aromatic rings. The molecule has 0 atom stereocenters. The molecule has 0 amide bonds. The average Bonchev–Trinajstić information content (AvgIpc) is 4.09.